The van der Waals surface area contributed by atoms with Gasteiger partial charge in [0.1, 0.15) is 0 Å². The maximum Gasteiger partial charge on any atom is -0.00772 e. The first-order valence-corrected chi connectivity index (χ1v) is 5.98. The molecule has 0 radical (unpaired) electrons. The summed E-state index contributed by atoms with van der Waals surface area (Å²) in [6, 6.07) is 4.67. The molecule has 0 heterocycles. The standard InChI is InChI=1S/C14H23N/c1-4-13-9-11(2)12(3)14(10-13)7-5-6-8-15/h9-10H,4-8,15H2,1-3H3. The van der Waals surface area contributed by atoms with E-state index in [4.69, 9.17) is 5.73 Å². The van der Waals surface area contributed by atoms with Gasteiger partial charge in [-0.2, -0.15) is 0 Å². The molecule has 84 valence electrons. The fourth-order valence-electron chi connectivity index (χ4n) is 1.94. The fourth-order valence-corrected chi connectivity index (χ4v) is 1.94. The second-order valence-corrected chi connectivity index (χ2v) is 4.30. The molecule has 0 spiro atoms. The average Bonchev–Trinajstić information content (AvgIpc) is 2.24. The van der Waals surface area contributed by atoms with Crippen molar-refractivity contribution in [3.05, 3.63) is 34.4 Å². The first-order valence-electron chi connectivity index (χ1n) is 5.98. The van der Waals surface area contributed by atoms with Crippen molar-refractivity contribution in [3.8, 4) is 0 Å². The zero-order valence-electron chi connectivity index (χ0n) is 10.3. The lowest BCUT2D eigenvalue weighted by Crippen LogP contribution is -2.01. The van der Waals surface area contributed by atoms with Crippen LogP contribution in [-0.2, 0) is 12.8 Å². The number of unbranched alkanes of at least 4 members (excludes halogenated alkanes) is 1. The molecule has 0 aromatic heterocycles. The van der Waals surface area contributed by atoms with Crippen molar-refractivity contribution in [1.29, 1.82) is 0 Å². The fraction of sp³-hybridized carbons (Fsp3) is 0.571. The first-order chi connectivity index (χ1) is 7.19. The summed E-state index contributed by atoms with van der Waals surface area (Å²) < 4.78 is 0. The van der Waals surface area contributed by atoms with Crippen molar-refractivity contribution >= 4 is 0 Å². The molecule has 2 N–H and O–H groups in total. The SMILES string of the molecule is CCc1cc(C)c(C)c(CCCCN)c1. The summed E-state index contributed by atoms with van der Waals surface area (Å²) in [7, 11) is 0. The molecule has 0 atom stereocenters. The van der Waals surface area contributed by atoms with E-state index in [9.17, 15) is 0 Å². The molecule has 1 nitrogen and oxygen atoms in total. The lowest BCUT2D eigenvalue weighted by Gasteiger charge is -2.11. The van der Waals surface area contributed by atoms with Crippen LogP contribution in [0.4, 0.5) is 0 Å². The van der Waals surface area contributed by atoms with Gasteiger partial charge in [-0.3, -0.25) is 0 Å². The van der Waals surface area contributed by atoms with Crippen LogP contribution in [0.3, 0.4) is 0 Å². The van der Waals surface area contributed by atoms with Crippen LogP contribution in [0.15, 0.2) is 12.1 Å². The first kappa shape index (κ1) is 12.3. The normalized spacial score (nSPS) is 10.7. The van der Waals surface area contributed by atoms with Crippen LogP contribution in [0.5, 0.6) is 0 Å². The highest BCUT2D eigenvalue weighted by Gasteiger charge is 2.03. The summed E-state index contributed by atoms with van der Waals surface area (Å²) in [6.07, 6.45) is 4.65. The highest BCUT2D eigenvalue weighted by atomic mass is 14.5. The number of hydrogen-bond acceptors (Lipinski definition) is 1. The third-order valence-electron chi connectivity index (χ3n) is 3.14. The van der Waals surface area contributed by atoms with Crippen LogP contribution in [0.1, 0.15) is 42.0 Å². The van der Waals surface area contributed by atoms with E-state index in [1.54, 1.807) is 0 Å². The van der Waals surface area contributed by atoms with Crippen LogP contribution >= 0.6 is 0 Å². The Morgan fingerprint density at radius 3 is 2.47 bits per heavy atom. The quantitative estimate of drug-likeness (QED) is 0.734. The van der Waals surface area contributed by atoms with E-state index in [2.05, 4.69) is 32.9 Å². The molecular formula is C14H23N. The van der Waals surface area contributed by atoms with E-state index < -0.39 is 0 Å². The monoisotopic (exact) mass is 205 g/mol. The van der Waals surface area contributed by atoms with Gasteiger partial charge in [-0.25, -0.2) is 0 Å². The molecule has 0 aliphatic rings. The van der Waals surface area contributed by atoms with Crippen LogP contribution in [0.2, 0.25) is 0 Å². The van der Waals surface area contributed by atoms with Crippen LogP contribution < -0.4 is 5.73 Å². The maximum atomic E-state index is 5.52. The Hall–Kier alpha value is -0.820. The van der Waals surface area contributed by atoms with Gasteiger partial charge >= 0.3 is 0 Å². The van der Waals surface area contributed by atoms with Gasteiger partial charge in [0.25, 0.3) is 0 Å². The Labute approximate surface area is 93.7 Å². The second-order valence-electron chi connectivity index (χ2n) is 4.30. The minimum Gasteiger partial charge on any atom is -0.330 e. The number of benzene rings is 1. The minimum absolute atomic E-state index is 0.811. The van der Waals surface area contributed by atoms with Gasteiger partial charge in [-0.15, -0.1) is 0 Å². The second kappa shape index (κ2) is 5.92. The van der Waals surface area contributed by atoms with Gasteiger partial charge in [0.05, 0.1) is 0 Å². The van der Waals surface area contributed by atoms with Crippen LogP contribution in [0.25, 0.3) is 0 Å². The molecule has 0 fully saturated rings. The Kier molecular flexibility index (Phi) is 4.83. The summed E-state index contributed by atoms with van der Waals surface area (Å²) in [6.45, 7) is 7.47. The molecule has 0 saturated heterocycles. The summed E-state index contributed by atoms with van der Waals surface area (Å²) in [5, 5.41) is 0. The molecule has 1 aromatic rings. The number of rotatable bonds is 5. The van der Waals surface area contributed by atoms with Gasteiger partial charge in [0.15, 0.2) is 0 Å². The molecule has 0 amide bonds. The molecule has 0 aliphatic carbocycles. The van der Waals surface area contributed by atoms with Crippen molar-refractivity contribution in [2.45, 2.75) is 46.5 Å². The van der Waals surface area contributed by atoms with E-state index in [1.165, 1.54) is 35.1 Å². The van der Waals surface area contributed by atoms with E-state index in [-0.39, 0.29) is 0 Å². The Balaban J connectivity index is 2.80. The largest absolute Gasteiger partial charge is 0.330 e. The van der Waals surface area contributed by atoms with Crippen molar-refractivity contribution in [3.63, 3.8) is 0 Å². The van der Waals surface area contributed by atoms with Gasteiger partial charge < -0.3 is 5.73 Å². The van der Waals surface area contributed by atoms with E-state index in [0.29, 0.717) is 0 Å². The van der Waals surface area contributed by atoms with E-state index >= 15 is 0 Å². The molecule has 0 bridgehead atoms. The van der Waals surface area contributed by atoms with Crippen LogP contribution in [0, 0.1) is 13.8 Å². The summed E-state index contributed by atoms with van der Waals surface area (Å²) in [5.41, 5.74) is 11.4. The smallest absolute Gasteiger partial charge is 0.00772 e. The van der Waals surface area contributed by atoms with E-state index in [1.807, 2.05) is 0 Å². The molecule has 15 heavy (non-hydrogen) atoms. The molecular weight excluding hydrogens is 182 g/mol. The number of aryl methyl sites for hydroxylation is 3. The lowest BCUT2D eigenvalue weighted by atomic mass is 9.95. The van der Waals surface area contributed by atoms with Crippen molar-refractivity contribution in [2.24, 2.45) is 5.73 Å². The van der Waals surface area contributed by atoms with E-state index in [0.717, 1.165) is 19.4 Å². The minimum atomic E-state index is 0.811. The zero-order valence-corrected chi connectivity index (χ0v) is 10.3. The van der Waals surface area contributed by atoms with Gasteiger partial charge in [-0.05, 0) is 68.3 Å². The van der Waals surface area contributed by atoms with Crippen LogP contribution in [-0.4, -0.2) is 6.54 Å². The summed E-state index contributed by atoms with van der Waals surface area (Å²) in [5.74, 6) is 0. The average molecular weight is 205 g/mol. The maximum absolute atomic E-state index is 5.52. The highest BCUT2D eigenvalue weighted by molar-refractivity contribution is 5.37. The van der Waals surface area contributed by atoms with Gasteiger partial charge in [0, 0.05) is 0 Å². The molecule has 1 aromatic carbocycles. The lowest BCUT2D eigenvalue weighted by molar-refractivity contribution is 0.741. The third kappa shape index (κ3) is 3.35. The predicted octanol–water partition coefficient (Wildman–Crippen LogP) is 3.15. The highest BCUT2D eigenvalue weighted by Crippen LogP contribution is 2.18. The predicted molar refractivity (Wildman–Crippen MR) is 67.3 cm³/mol. The topological polar surface area (TPSA) is 26.0 Å². The van der Waals surface area contributed by atoms with Crippen molar-refractivity contribution in [2.75, 3.05) is 6.54 Å². The Morgan fingerprint density at radius 1 is 1.13 bits per heavy atom. The Bertz CT molecular complexity index is 315. The van der Waals surface area contributed by atoms with Crippen molar-refractivity contribution < 1.29 is 0 Å². The third-order valence-corrected chi connectivity index (χ3v) is 3.14. The zero-order chi connectivity index (χ0) is 11.3. The van der Waals surface area contributed by atoms with Crippen molar-refractivity contribution in [1.82, 2.24) is 0 Å². The summed E-state index contributed by atoms with van der Waals surface area (Å²) >= 11 is 0. The number of nitrogens with two attached hydrogens (primary N) is 1. The molecule has 0 aliphatic heterocycles. The summed E-state index contributed by atoms with van der Waals surface area (Å²) in [4.78, 5) is 0. The molecule has 0 saturated carbocycles. The molecule has 1 rings (SSSR count). The molecule has 0 unspecified atom stereocenters. The van der Waals surface area contributed by atoms with Gasteiger partial charge in [0.2, 0.25) is 0 Å². The number of hydrogen-bond donors (Lipinski definition) is 1. The molecule has 1 heteroatoms. The van der Waals surface area contributed by atoms with Gasteiger partial charge in [-0.1, -0.05) is 19.1 Å². The Morgan fingerprint density at radius 2 is 1.87 bits per heavy atom.